The van der Waals surface area contributed by atoms with Crippen LogP contribution < -0.4 is 0 Å². The molecule has 5 nitrogen and oxygen atoms in total. The van der Waals surface area contributed by atoms with Gasteiger partial charge in [-0.1, -0.05) is 62.9 Å². The summed E-state index contributed by atoms with van der Waals surface area (Å²) in [5.74, 6) is -0.320. The van der Waals surface area contributed by atoms with Gasteiger partial charge in [-0.15, -0.1) is 0 Å². The first kappa shape index (κ1) is 20.3. The number of aromatic nitrogens is 3. The Labute approximate surface area is 169 Å². The standard InChI is InChI=1S/C22H25N3O2S/c1-13-19(16-10-8-7-9-11-16)21-23-17(22(4,5)6)12-18(25(21)24-13)28-20(14(2)26)15(3)27/h7-12,20H,1-6H3. The topological polar surface area (TPSA) is 64.3 Å². The Balaban J connectivity index is 2.29. The highest BCUT2D eigenvalue weighted by Crippen LogP contribution is 2.34. The fourth-order valence-electron chi connectivity index (χ4n) is 3.08. The smallest absolute Gasteiger partial charge is 0.164 e. The Bertz CT molecular complexity index is 1040. The molecule has 0 unspecified atom stereocenters. The van der Waals surface area contributed by atoms with Crippen LogP contribution in [0.4, 0.5) is 0 Å². The molecule has 2 aromatic heterocycles. The van der Waals surface area contributed by atoms with E-state index in [1.54, 1.807) is 4.52 Å². The normalized spacial score (nSPS) is 12.0. The molecule has 0 spiro atoms. The van der Waals surface area contributed by atoms with E-state index in [4.69, 9.17) is 10.1 Å². The number of hydrogen-bond acceptors (Lipinski definition) is 5. The zero-order chi connectivity index (χ0) is 20.6. The fourth-order valence-corrected chi connectivity index (χ4v) is 4.06. The Morgan fingerprint density at radius 3 is 2.21 bits per heavy atom. The maximum absolute atomic E-state index is 12.0. The summed E-state index contributed by atoms with van der Waals surface area (Å²) in [5, 5.41) is 4.69. The van der Waals surface area contributed by atoms with Crippen molar-refractivity contribution in [2.24, 2.45) is 0 Å². The molecule has 2 heterocycles. The highest BCUT2D eigenvalue weighted by atomic mass is 32.2. The quantitative estimate of drug-likeness (QED) is 0.358. The van der Waals surface area contributed by atoms with Crippen LogP contribution in [-0.4, -0.2) is 31.4 Å². The van der Waals surface area contributed by atoms with Gasteiger partial charge in [-0.05, 0) is 32.4 Å². The summed E-state index contributed by atoms with van der Waals surface area (Å²) in [7, 11) is 0. The minimum atomic E-state index is -0.747. The van der Waals surface area contributed by atoms with Gasteiger partial charge in [0.25, 0.3) is 0 Å². The molecule has 0 fully saturated rings. The van der Waals surface area contributed by atoms with Gasteiger partial charge in [-0.25, -0.2) is 9.50 Å². The molecule has 0 bridgehead atoms. The van der Waals surface area contributed by atoms with E-state index in [-0.39, 0.29) is 17.0 Å². The third-order valence-electron chi connectivity index (χ3n) is 4.54. The molecule has 0 N–H and O–H groups in total. The molecule has 28 heavy (non-hydrogen) atoms. The molecule has 146 valence electrons. The summed E-state index contributed by atoms with van der Waals surface area (Å²) >= 11 is 1.24. The van der Waals surface area contributed by atoms with Gasteiger partial charge < -0.3 is 0 Å². The highest BCUT2D eigenvalue weighted by Gasteiger charge is 2.26. The second-order valence-corrected chi connectivity index (χ2v) is 9.14. The van der Waals surface area contributed by atoms with Gasteiger partial charge in [0.05, 0.1) is 11.4 Å². The molecule has 0 aliphatic carbocycles. The van der Waals surface area contributed by atoms with Gasteiger partial charge in [-0.2, -0.15) is 5.10 Å². The van der Waals surface area contributed by atoms with Gasteiger partial charge in [0.1, 0.15) is 10.3 Å². The van der Waals surface area contributed by atoms with Crippen LogP contribution in [0.5, 0.6) is 0 Å². The number of nitrogens with zero attached hydrogens (tertiary/aromatic N) is 3. The van der Waals surface area contributed by atoms with Crippen molar-refractivity contribution >= 4 is 29.0 Å². The summed E-state index contributed by atoms with van der Waals surface area (Å²) in [5.41, 5.74) is 4.31. The van der Waals surface area contributed by atoms with Crippen LogP contribution in [0.25, 0.3) is 16.8 Å². The first-order valence-electron chi connectivity index (χ1n) is 9.23. The van der Waals surface area contributed by atoms with Gasteiger partial charge in [-0.3, -0.25) is 9.59 Å². The second-order valence-electron chi connectivity index (χ2n) is 8.01. The summed E-state index contributed by atoms with van der Waals surface area (Å²) in [6, 6.07) is 12.0. The van der Waals surface area contributed by atoms with Crippen LogP contribution in [0.1, 0.15) is 46.0 Å². The number of ketones is 2. The number of carbonyl (C=O) groups excluding carboxylic acids is 2. The summed E-state index contributed by atoms with van der Waals surface area (Å²) in [4.78, 5) is 28.9. The minimum Gasteiger partial charge on any atom is -0.298 e. The summed E-state index contributed by atoms with van der Waals surface area (Å²) < 4.78 is 1.76. The predicted molar refractivity (Wildman–Crippen MR) is 113 cm³/mol. The van der Waals surface area contributed by atoms with Crippen molar-refractivity contribution in [1.82, 2.24) is 14.6 Å². The van der Waals surface area contributed by atoms with E-state index < -0.39 is 5.25 Å². The molecule has 1 aromatic carbocycles. The number of thioether (sulfide) groups is 1. The number of rotatable bonds is 5. The molecule has 0 saturated carbocycles. The average Bonchev–Trinajstić information content (AvgIpc) is 2.94. The van der Waals surface area contributed by atoms with Crippen molar-refractivity contribution in [2.45, 2.75) is 57.2 Å². The third-order valence-corrected chi connectivity index (χ3v) is 5.97. The van der Waals surface area contributed by atoms with Gasteiger partial charge in [0.2, 0.25) is 0 Å². The Morgan fingerprint density at radius 2 is 1.68 bits per heavy atom. The Kier molecular flexibility index (Phi) is 5.44. The van der Waals surface area contributed by atoms with Crippen molar-refractivity contribution in [2.75, 3.05) is 0 Å². The summed E-state index contributed by atoms with van der Waals surface area (Å²) in [6.07, 6.45) is 0. The lowest BCUT2D eigenvalue weighted by Gasteiger charge is -2.20. The molecule has 0 amide bonds. The number of Topliss-reactive ketones (excluding diaryl/α,β-unsaturated/α-hetero) is 2. The lowest BCUT2D eigenvalue weighted by Crippen LogP contribution is -2.23. The van der Waals surface area contributed by atoms with Crippen LogP contribution >= 0.6 is 11.8 Å². The minimum absolute atomic E-state index is 0.160. The summed E-state index contributed by atoms with van der Waals surface area (Å²) in [6.45, 7) is 11.1. The van der Waals surface area contributed by atoms with Crippen molar-refractivity contribution < 1.29 is 9.59 Å². The van der Waals surface area contributed by atoms with E-state index in [0.717, 1.165) is 33.2 Å². The van der Waals surface area contributed by atoms with Crippen molar-refractivity contribution in [3.8, 4) is 11.1 Å². The van der Waals surface area contributed by atoms with Crippen LogP contribution in [0.3, 0.4) is 0 Å². The molecule has 0 aliphatic rings. The maximum atomic E-state index is 12.0. The molecular formula is C22H25N3O2S. The molecule has 0 aliphatic heterocycles. The number of benzene rings is 1. The maximum Gasteiger partial charge on any atom is 0.164 e. The zero-order valence-corrected chi connectivity index (χ0v) is 17.9. The van der Waals surface area contributed by atoms with Crippen LogP contribution in [-0.2, 0) is 15.0 Å². The Morgan fingerprint density at radius 1 is 1.07 bits per heavy atom. The fraction of sp³-hybridized carbons (Fsp3) is 0.364. The van der Waals surface area contributed by atoms with Crippen molar-refractivity contribution in [1.29, 1.82) is 0 Å². The molecule has 6 heteroatoms. The number of fused-ring (bicyclic) bond motifs is 1. The van der Waals surface area contributed by atoms with Crippen LogP contribution in [0.15, 0.2) is 41.4 Å². The second kappa shape index (κ2) is 7.51. The monoisotopic (exact) mass is 395 g/mol. The van der Waals surface area contributed by atoms with Crippen LogP contribution in [0, 0.1) is 6.92 Å². The molecular weight excluding hydrogens is 370 g/mol. The van der Waals surface area contributed by atoms with Crippen LogP contribution in [0.2, 0.25) is 0 Å². The number of aryl methyl sites for hydroxylation is 1. The molecule has 0 atom stereocenters. The third kappa shape index (κ3) is 3.87. The SMILES string of the molecule is CC(=O)C(Sc1cc(C(C)(C)C)nc2c(-c3ccccc3)c(C)nn12)C(C)=O. The van der Waals surface area contributed by atoms with Crippen molar-refractivity contribution in [3.05, 3.63) is 47.8 Å². The van der Waals surface area contributed by atoms with Crippen molar-refractivity contribution in [3.63, 3.8) is 0 Å². The van der Waals surface area contributed by atoms with E-state index in [0.29, 0.717) is 0 Å². The Hall–Kier alpha value is -2.47. The first-order valence-corrected chi connectivity index (χ1v) is 10.1. The molecule has 3 aromatic rings. The predicted octanol–water partition coefficient (Wildman–Crippen LogP) is 4.64. The highest BCUT2D eigenvalue weighted by molar-refractivity contribution is 8.01. The zero-order valence-electron chi connectivity index (χ0n) is 17.1. The lowest BCUT2D eigenvalue weighted by molar-refractivity contribution is -0.123. The number of hydrogen-bond donors (Lipinski definition) is 0. The van der Waals surface area contributed by atoms with E-state index in [2.05, 4.69) is 20.8 Å². The molecule has 0 saturated heterocycles. The lowest BCUT2D eigenvalue weighted by atomic mass is 9.92. The largest absolute Gasteiger partial charge is 0.298 e. The van der Waals surface area contributed by atoms with E-state index in [1.807, 2.05) is 43.3 Å². The van der Waals surface area contributed by atoms with Gasteiger partial charge in [0, 0.05) is 11.0 Å². The van der Waals surface area contributed by atoms with E-state index >= 15 is 0 Å². The number of carbonyl (C=O) groups is 2. The van der Waals surface area contributed by atoms with Gasteiger partial charge in [0.15, 0.2) is 17.2 Å². The average molecular weight is 396 g/mol. The first-order chi connectivity index (χ1) is 13.1. The van der Waals surface area contributed by atoms with E-state index in [1.165, 1.54) is 25.6 Å². The molecule has 3 rings (SSSR count). The molecule has 0 radical (unpaired) electrons. The van der Waals surface area contributed by atoms with E-state index in [9.17, 15) is 9.59 Å². The van der Waals surface area contributed by atoms with Gasteiger partial charge >= 0.3 is 0 Å².